The van der Waals surface area contributed by atoms with Crippen molar-refractivity contribution < 1.29 is 18.0 Å². The van der Waals surface area contributed by atoms with Crippen LogP contribution in [0.5, 0.6) is 0 Å². The third-order valence-electron chi connectivity index (χ3n) is 7.05. The summed E-state index contributed by atoms with van der Waals surface area (Å²) in [6.45, 7) is 7.12. The Labute approximate surface area is 269 Å². The van der Waals surface area contributed by atoms with E-state index in [1.165, 1.54) is 17.0 Å². The molecule has 230 valence electrons. The van der Waals surface area contributed by atoms with Gasteiger partial charge in [0.2, 0.25) is 11.8 Å². The van der Waals surface area contributed by atoms with Gasteiger partial charge in [0, 0.05) is 23.5 Å². The van der Waals surface area contributed by atoms with E-state index in [1.54, 1.807) is 30.3 Å². The molecule has 0 aliphatic carbocycles. The quantitative estimate of drug-likeness (QED) is 0.188. The zero-order valence-corrected chi connectivity index (χ0v) is 27.8. The Balaban J connectivity index is 1.82. The predicted molar refractivity (Wildman–Crippen MR) is 179 cm³/mol. The lowest BCUT2D eigenvalue weighted by molar-refractivity contribution is -0.140. The fraction of sp³-hybridized carbons (Fsp3) is 0.257. The summed E-state index contributed by atoms with van der Waals surface area (Å²) in [7, 11) is -4.14. The molecule has 0 aliphatic heterocycles. The lowest BCUT2D eigenvalue weighted by Crippen LogP contribution is -2.54. The van der Waals surface area contributed by atoms with E-state index in [1.807, 2.05) is 88.4 Å². The van der Waals surface area contributed by atoms with Crippen LogP contribution in [0.15, 0.2) is 112 Å². The van der Waals surface area contributed by atoms with Crippen LogP contribution in [-0.2, 0) is 32.6 Å². The van der Waals surface area contributed by atoms with Crippen molar-refractivity contribution in [3.8, 4) is 0 Å². The number of halogens is 1. The number of anilines is 1. The highest BCUT2D eigenvalue weighted by molar-refractivity contribution is 9.10. The first-order valence-electron chi connectivity index (χ1n) is 14.5. The van der Waals surface area contributed by atoms with Crippen LogP contribution in [0, 0.1) is 13.8 Å². The molecule has 0 spiro atoms. The SMILES string of the molecule is Cc1cc(C)cc(N(CC(=O)N(Cc2cccc(Br)c2)C(Cc2ccccc2)C(=O)NC(C)C)S(=O)(=O)c2ccccc2)c1. The maximum absolute atomic E-state index is 14.5. The van der Waals surface area contributed by atoms with Gasteiger partial charge in [0.05, 0.1) is 10.6 Å². The van der Waals surface area contributed by atoms with Gasteiger partial charge < -0.3 is 10.2 Å². The summed E-state index contributed by atoms with van der Waals surface area (Å²) in [5, 5.41) is 2.98. The van der Waals surface area contributed by atoms with E-state index in [9.17, 15) is 18.0 Å². The monoisotopic (exact) mass is 675 g/mol. The van der Waals surface area contributed by atoms with Gasteiger partial charge in [0.15, 0.2) is 0 Å². The number of carbonyl (C=O) groups excluding carboxylic acids is 2. The van der Waals surface area contributed by atoms with Crippen molar-refractivity contribution in [1.29, 1.82) is 0 Å². The fourth-order valence-corrected chi connectivity index (χ4v) is 6.98. The molecule has 9 heteroatoms. The van der Waals surface area contributed by atoms with Gasteiger partial charge in [-0.2, -0.15) is 0 Å². The predicted octanol–water partition coefficient (Wildman–Crippen LogP) is 6.43. The molecule has 0 saturated heterocycles. The van der Waals surface area contributed by atoms with E-state index in [2.05, 4.69) is 21.2 Å². The number of benzene rings is 4. The average molecular weight is 677 g/mol. The first-order valence-corrected chi connectivity index (χ1v) is 16.7. The average Bonchev–Trinajstić information content (AvgIpc) is 2.97. The summed E-state index contributed by atoms with van der Waals surface area (Å²) >= 11 is 3.51. The highest BCUT2D eigenvalue weighted by Crippen LogP contribution is 2.27. The van der Waals surface area contributed by atoms with Gasteiger partial charge in [-0.15, -0.1) is 0 Å². The summed E-state index contributed by atoms with van der Waals surface area (Å²) in [5.41, 5.74) is 3.79. The first-order chi connectivity index (χ1) is 20.9. The van der Waals surface area contributed by atoms with E-state index in [0.717, 1.165) is 31.0 Å². The van der Waals surface area contributed by atoms with E-state index in [-0.39, 0.29) is 29.8 Å². The number of nitrogens with one attached hydrogen (secondary N) is 1. The molecule has 1 unspecified atom stereocenters. The zero-order valence-electron chi connectivity index (χ0n) is 25.4. The molecule has 0 fully saturated rings. The molecule has 4 rings (SSSR count). The fourth-order valence-electron chi connectivity index (χ4n) is 5.11. The Morgan fingerprint density at radius 1 is 0.795 bits per heavy atom. The standard InChI is InChI=1S/C35H38BrN3O4S/c1-25(2)37-35(41)33(22-28-12-7-5-8-13-28)38(23-29-14-11-15-30(36)21-29)34(40)24-39(31-19-26(3)18-27(4)20-31)44(42,43)32-16-9-6-10-17-32/h5-21,25,33H,22-24H2,1-4H3,(H,37,41). The Bertz CT molecular complexity index is 1680. The molecule has 0 radical (unpaired) electrons. The molecule has 4 aromatic rings. The highest BCUT2D eigenvalue weighted by Gasteiger charge is 2.35. The van der Waals surface area contributed by atoms with Crippen molar-refractivity contribution >= 4 is 43.5 Å². The lowest BCUT2D eigenvalue weighted by Gasteiger charge is -2.34. The van der Waals surface area contributed by atoms with Gasteiger partial charge in [-0.25, -0.2) is 8.42 Å². The van der Waals surface area contributed by atoms with Crippen molar-refractivity contribution in [2.45, 2.75) is 57.6 Å². The third-order valence-corrected chi connectivity index (χ3v) is 9.33. The highest BCUT2D eigenvalue weighted by atomic mass is 79.9. The van der Waals surface area contributed by atoms with Gasteiger partial charge in [-0.1, -0.05) is 82.7 Å². The minimum atomic E-state index is -4.14. The van der Waals surface area contributed by atoms with Crippen LogP contribution in [0.4, 0.5) is 5.69 Å². The molecule has 1 atom stereocenters. The number of hydrogen-bond donors (Lipinski definition) is 1. The minimum absolute atomic E-state index is 0.0730. The lowest BCUT2D eigenvalue weighted by atomic mass is 10.0. The van der Waals surface area contributed by atoms with Crippen LogP contribution in [0.25, 0.3) is 0 Å². The largest absolute Gasteiger partial charge is 0.352 e. The Kier molecular flexibility index (Phi) is 11.0. The van der Waals surface area contributed by atoms with Crippen molar-refractivity contribution in [1.82, 2.24) is 10.2 Å². The third kappa shape index (κ3) is 8.57. The van der Waals surface area contributed by atoms with Crippen LogP contribution in [0.1, 0.15) is 36.1 Å². The van der Waals surface area contributed by atoms with Crippen molar-refractivity contribution in [3.63, 3.8) is 0 Å². The summed E-state index contributed by atoms with van der Waals surface area (Å²) < 4.78 is 30.2. The summed E-state index contributed by atoms with van der Waals surface area (Å²) in [4.78, 5) is 29.9. The van der Waals surface area contributed by atoms with Crippen LogP contribution in [-0.4, -0.2) is 43.8 Å². The molecule has 4 aromatic carbocycles. The van der Waals surface area contributed by atoms with Gasteiger partial charge in [-0.3, -0.25) is 13.9 Å². The minimum Gasteiger partial charge on any atom is -0.352 e. The van der Waals surface area contributed by atoms with Crippen molar-refractivity contribution in [3.05, 3.63) is 130 Å². The van der Waals surface area contributed by atoms with Crippen LogP contribution < -0.4 is 9.62 Å². The molecule has 0 bridgehead atoms. The second kappa shape index (κ2) is 14.7. The zero-order chi connectivity index (χ0) is 31.9. The molecule has 2 amide bonds. The van der Waals surface area contributed by atoms with E-state index in [4.69, 9.17) is 0 Å². The molecule has 0 heterocycles. The van der Waals surface area contributed by atoms with Crippen molar-refractivity contribution in [2.24, 2.45) is 0 Å². The van der Waals surface area contributed by atoms with Gasteiger partial charge in [-0.05, 0) is 86.3 Å². The molecule has 0 aliphatic rings. The Hall–Kier alpha value is -3.95. The molecule has 1 N–H and O–H groups in total. The molecular formula is C35H38BrN3O4S. The maximum atomic E-state index is 14.5. The van der Waals surface area contributed by atoms with Gasteiger partial charge >= 0.3 is 0 Å². The van der Waals surface area contributed by atoms with Crippen LogP contribution in [0.3, 0.4) is 0 Å². The number of aryl methyl sites for hydroxylation is 2. The molecule has 0 aromatic heterocycles. The topological polar surface area (TPSA) is 86.8 Å². The normalized spacial score (nSPS) is 12.0. The molecular weight excluding hydrogens is 638 g/mol. The number of amides is 2. The Morgan fingerprint density at radius 2 is 1.39 bits per heavy atom. The van der Waals surface area contributed by atoms with Crippen LogP contribution in [0.2, 0.25) is 0 Å². The maximum Gasteiger partial charge on any atom is 0.264 e. The van der Waals surface area contributed by atoms with Gasteiger partial charge in [0.25, 0.3) is 10.0 Å². The second-order valence-electron chi connectivity index (χ2n) is 11.2. The number of rotatable bonds is 12. The molecule has 0 saturated carbocycles. The van der Waals surface area contributed by atoms with Crippen LogP contribution >= 0.6 is 15.9 Å². The van der Waals surface area contributed by atoms with E-state index in [0.29, 0.717) is 5.69 Å². The Morgan fingerprint density at radius 3 is 1.98 bits per heavy atom. The number of sulfonamides is 1. The van der Waals surface area contributed by atoms with Gasteiger partial charge in [0.1, 0.15) is 12.6 Å². The second-order valence-corrected chi connectivity index (χ2v) is 14.0. The summed E-state index contributed by atoms with van der Waals surface area (Å²) in [6, 6.07) is 29.5. The number of nitrogens with zero attached hydrogens (tertiary/aromatic N) is 2. The first kappa shape index (κ1) is 33.0. The summed E-state index contributed by atoms with van der Waals surface area (Å²) in [5.74, 6) is -0.806. The summed E-state index contributed by atoms with van der Waals surface area (Å²) in [6.07, 6.45) is 0.258. The van der Waals surface area contributed by atoms with Crippen molar-refractivity contribution in [2.75, 3.05) is 10.8 Å². The smallest absolute Gasteiger partial charge is 0.264 e. The number of hydrogen-bond acceptors (Lipinski definition) is 4. The molecule has 7 nitrogen and oxygen atoms in total. The number of carbonyl (C=O) groups is 2. The van der Waals surface area contributed by atoms with E-state index >= 15 is 0 Å². The van der Waals surface area contributed by atoms with E-state index < -0.39 is 28.5 Å². The molecule has 44 heavy (non-hydrogen) atoms.